The Labute approximate surface area is 155 Å². The number of ether oxygens (including phenoxy) is 1. The molecule has 1 aliphatic carbocycles. The predicted octanol–water partition coefficient (Wildman–Crippen LogP) is 3.96. The van der Waals surface area contributed by atoms with Gasteiger partial charge in [0.1, 0.15) is 0 Å². The molecular formula is C22H26N2O2. The Morgan fingerprint density at radius 1 is 1.15 bits per heavy atom. The van der Waals surface area contributed by atoms with Gasteiger partial charge < -0.3 is 15.0 Å². The molecule has 2 aliphatic rings. The Hall–Kier alpha value is -2.33. The number of hydrogen-bond donors (Lipinski definition) is 1. The number of anilines is 1. The number of nitrogens with zero attached hydrogens (tertiary/aromatic N) is 1. The number of amides is 1. The van der Waals surface area contributed by atoms with E-state index in [-0.39, 0.29) is 5.91 Å². The molecule has 1 saturated carbocycles. The van der Waals surface area contributed by atoms with Crippen LogP contribution in [-0.4, -0.2) is 37.1 Å². The van der Waals surface area contributed by atoms with E-state index < -0.39 is 0 Å². The molecule has 0 bridgehead atoms. The number of nitrogens with one attached hydrogen (secondary N) is 1. The highest BCUT2D eigenvalue weighted by molar-refractivity contribution is 5.96. The number of morpholine rings is 1. The smallest absolute Gasteiger partial charge is 0.254 e. The van der Waals surface area contributed by atoms with Gasteiger partial charge in [-0.05, 0) is 54.5 Å². The number of rotatable bonds is 5. The van der Waals surface area contributed by atoms with Crippen molar-refractivity contribution < 1.29 is 9.53 Å². The number of carbonyl (C=O) groups excluding carboxylic acids is 1. The highest BCUT2D eigenvalue weighted by Crippen LogP contribution is 2.41. The molecule has 0 unspecified atom stereocenters. The maximum atomic E-state index is 12.8. The van der Waals surface area contributed by atoms with E-state index in [4.69, 9.17) is 4.74 Å². The van der Waals surface area contributed by atoms with Crippen LogP contribution in [0.1, 0.15) is 45.8 Å². The molecule has 2 aromatic rings. The van der Waals surface area contributed by atoms with E-state index in [1.165, 1.54) is 24.0 Å². The van der Waals surface area contributed by atoms with Crippen LogP contribution < -0.4 is 5.32 Å². The van der Waals surface area contributed by atoms with Crippen molar-refractivity contribution in [3.63, 3.8) is 0 Å². The Balaban J connectivity index is 1.48. The van der Waals surface area contributed by atoms with Crippen LogP contribution in [0.5, 0.6) is 0 Å². The molecule has 26 heavy (non-hydrogen) atoms. The molecule has 2 fully saturated rings. The summed E-state index contributed by atoms with van der Waals surface area (Å²) in [5.41, 5.74) is 5.63. The highest BCUT2D eigenvalue weighted by Gasteiger charge is 2.25. The van der Waals surface area contributed by atoms with Gasteiger partial charge in [0.2, 0.25) is 0 Å². The molecule has 0 spiro atoms. The van der Waals surface area contributed by atoms with E-state index in [0.29, 0.717) is 26.3 Å². The van der Waals surface area contributed by atoms with Crippen LogP contribution in [0.4, 0.5) is 5.69 Å². The van der Waals surface area contributed by atoms with E-state index in [1.54, 1.807) is 0 Å². The lowest BCUT2D eigenvalue weighted by Crippen LogP contribution is -2.40. The van der Waals surface area contributed by atoms with Crippen molar-refractivity contribution in [3.8, 4) is 0 Å². The fourth-order valence-corrected chi connectivity index (χ4v) is 3.58. The van der Waals surface area contributed by atoms with Crippen LogP contribution in [0.2, 0.25) is 0 Å². The van der Waals surface area contributed by atoms with E-state index in [0.717, 1.165) is 29.3 Å². The minimum Gasteiger partial charge on any atom is -0.381 e. The highest BCUT2D eigenvalue weighted by atomic mass is 16.5. The summed E-state index contributed by atoms with van der Waals surface area (Å²) in [4.78, 5) is 14.7. The average molecular weight is 350 g/mol. The summed E-state index contributed by atoms with van der Waals surface area (Å²) in [7, 11) is 0. The van der Waals surface area contributed by atoms with Gasteiger partial charge >= 0.3 is 0 Å². The fourth-order valence-electron chi connectivity index (χ4n) is 3.58. The Kier molecular flexibility index (Phi) is 4.93. The van der Waals surface area contributed by atoms with Gasteiger partial charge in [0, 0.05) is 30.9 Å². The third-order valence-corrected chi connectivity index (χ3v) is 5.32. The lowest BCUT2D eigenvalue weighted by Gasteiger charge is -2.27. The van der Waals surface area contributed by atoms with Crippen molar-refractivity contribution in [2.24, 2.45) is 0 Å². The van der Waals surface area contributed by atoms with Gasteiger partial charge in [-0.25, -0.2) is 0 Å². The second-order valence-electron chi connectivity index (χ2n) is 7.26. The number of aryl methyl sites for hydroxylation is 1. The molecular weight excluding hydrogens is 324 g/mol. The normalized spacial score (nSPS) is 17.2. The molecule has 1 amide bonds. The zero-order valence-electron chi connectivity index (χ0n) is 15.3. The monoisotopic (exact) mass is 350 g/mol. The second-order valence-corrected chi connectivity index (χ2v) is 7.26. The quantitative estimate of drug-likeness (QED) is 0.887. The van der Waals surface area contributed by atoms with Gasteiger partial charge in [0.05, 0.1) is 13.2 Å². The Bertz CT molecular complexity index is 792. The Morgan fingerprint density at radius 3 is 2.69 bits per heavy atom. The minimum absolute atomic E-state index is 0.104. The second kappa shape index (κ2) is 7.50. The minimum atomic E-state index is 0.104. The summed E-state index contributed by atoms with van der Waals surface area (Å²) < 4.78 is 5.36. The molecule has 1 N–H and O–H groups in total. The summed E-state index contributed by atoms with van der Waals surface area (Å²) in [5, 5.41) is 3.51. The summed E-state index contributed by atoms with van der Waals surface area (Å²) in [5.74, 6) is 0.845. The van der Waals surface area contributed by atoms with Crippen LogP contribution >= 0.6 is 0 Å². The zero-order chi connectivity index (χ0) is 17.9. The van der Waals surface area contributed by atoms with E-state index >= 15 is 0 Å². The maximum absolute atomic E-state index is 12.8. The first-order valence-corrected chi connectivity index (χ1v) is 9.52. The molecule has 1 heterocycles. The largest absolute Gasteiger partial charge is 0.381 e. The average Bonchev–Trinajstić information content (AvgIpc) is 3.53. The van der Waals surface area contributed by atoms with E-state index in [2.05, 4.69) is 35.6 Å². The van der Waals surface area contributed by atoms with Crippen LogP contribution in [-0.2, 0) is 11.3 Å². The van der Waals surface area contributed by atoms with Crippen LogP contribution in [0.3, 0.4) is 0 Å². The summed E-state index contributed by atoms with van der Waals surface area (Å²) in [6, 6.07) is 14.8. The third kappa shape index (κ3) is 3.75. The standard InChI is InChI=1S/C22H26N2O2/c1-16-6-9-19(14-21(16)22(25)24-10-12-26-13-11-24)23-15-18-4-2-3-5-20(18)17-7-8-17/h2-6,9,14,17,23H,7-8,10-13,15H2,1H3. The van der Waals surface area contributed by atoms with Crippen LogP contribution in [0.15, 0.2) is 42.5 Å². The van der Waals surface area contributed by atoms with Crippen molar-refractivity contribution in [2.75, 3.05) is 31.6 Å². The number of hydrogen-bond acceptors (Lipinski definition) is 3. The summed E-state index contributed by atoms with van der Waals surface area (Å²) >= 11 is 0. The van der Waals surface area contributed by atoms with Crippen molar-refractivity contribution in [1.82, 2.24) is 4.90 Å². The first-order valence-electron chi connectivity index (χ1n) is 9.52. The van der Waals surface area contributed by atoms with Crippen molar-refractivity contribution in [3.05, 3.63) is 64.7 Å². The molecule has 4 nitrogen and oxygen atoms in total. The van der Waals surface area contributed by atoms with Gasteiger partial charge in [-0.2, -0.15) is 0 Å². The first-order chi connectivity index (χ1) is 12.7. The summed E-state index contributed by atoms with van der Waals surface area (Å²) in [6.45, 7) is 5.39. The van der Waals surface area contributed by atoms with Gasteiger partial charge in [-0.1, -0.05) is 30.3 Å². The van der Waals surface area contributed by atoms with Gasteiger partial charge in [0.15, 0.2) is 0 Å². The van der Waals surface area contributed by atoms with Crippen molar-refractivity contribution in [1.29, 1.82) is 0 Å². The SMILES string of the molecule is Cc1ccc(NCc2ccccc2C2CC2)cc1C(=O)N1CCOCC1. The lowest BCUT2D eigenvalue weighted by atomic mass is 10.0. The molecule has 4 rings (SSSR count). The summed E-state index contributed by atoms with van der Waals surface area (Å²) in [6.07, 6.45) is 2.61. The van der Waals surface area contributed by atoms with Gasteiger partial charge in [-0.15, -0.1) is 0 Å². The van der Waals surface area contributed by atoms with E-state index in [9.17, 15) is 4.79 Å². The maximum Gasteiger partial charge on any atom is 0.254 e. The number of carbonyl (C=O) groups is 1. The molecule has 136 valence electrons. The first kappa shape index (κ1) is 17.1. The van der Waals surface area contributed by atoms with Crippen LogP contribution in [0.25, 0.3) is 0 Å². The van der Waals surface area contributed by atoms with Gasteiger partial charge in [-0.3, -0.25) is 4.79 Å². The zero-order valence-corrected chi connectivity index (χ0v) is 15.3. The molecule has 4 heteroatoms. The molecule has 0 aromatic heterocycles. The van der Waals surface area contributed by atoms with Crippen molar-refractivity contribution >= 4 is 11.6 Å². The van der Waals surface area contributed by atoms with E-state index in [1.807, 2.05) is 24.0 Å². The van der Waals surface area contributed by atoms with Crippen LogP contribution in [0, 0.1) is 6.92 Å². The molecule has 1 saturated heterocycles. The predicted molar refractivity (Wildman–Crippen MR) is 104 cm³/mol. The molecule has 0 atom stereocenters. The molecule has 0 radical (unpaired) electrons. The molecule has 1 aliphatic heterocycles. The lowest BCUT2D eigenvalue weighted by molar-refractivity contribution is 0.0302. The Morgan fingerprint density at radius 2 is 1.92 bits per heavy atom. The van der Waals surface area contributed by atoms with Crippen molar-refractivity contribution in [2.45, 2.75) is 32.2 Å². The van der Waals surface area contributed by atoms with Gasteiger partial charge in [0.25, 0.3) is 5.91 Å². The third-order valence-electron chi connectivity index (χ3n) is 5.32. The number of benzene rings is 2. The fraction of sp³-hybridized carbons (Fsp3) is 0.409. The molecule has 2 aromatic carbocycles. The topological polar surface area (TPSA) is 41.6 Å².